The standard InChI is InChI=1S/C20H27N3O2/c1-15-5-4-6-16(2)20(15)25-18-9-11-23(12-10-18)19(24)8-7-17-13-21-22(3)14-17/h4-6,13-14,18H,7-12H2,1-3H3. The Morgan fingerprint density at radius 3 is 2.52 bits per heavy atom. The second-order valence-electron chi connectivity index (χ2n) is 6.94. The average Bonchev–Trinajstić information content (AvgIpc) is 3.02. The number of aromatic nitrogens is 2. The summed E-state index contributed by atoms with van der Waals surface area (Å²) in [6, 6.07) is 6.22. The third-order valence-corrected chi connectivity index (χ3v) is 4.87. The Kier molecular flexibility index (Phi) is 5.41. The van der Waals surface area contributed by atoms with E-state index in [2.05, 4.69) is 37.1 Å². The van der Waals surface area contributed by atoms with Crippen molar-refractivity contribution in [2.75, 3.05) is 13.1 Å². The van der Waals surface area contributed by atoms with Gasteiger partial charge >= 0.3 is 0 Å². The highest BCUT2D eigenvalue weighted by Crippen LogP contribution is 2.26. The molecule has 2 heterocycles. The molecule has 5 nitrogen and oxygen atoms in total. The van der Waals surface area contributed by atoms with Crippen LogP contribution in [-0.4, -0.2) is 39.8 Å². The molecular formula is C20H27N3O2. The number of amides is 1. The molecule has 2 aromatic rings. The predicted octanol–water partition coefficient (Wildman–Crippen LogP) is 3.04. The second kappa shape index (κ2) is 7.72. The van der Waals surface area contributed by atoms with Crippen molar-refractivity contribution in [3.63, 3.8) is 0 Å². The molecule has 134 valence electrons. The van der Waals surface area contributed by atoms with Crippen molar-refractivity contribution in [1.29, 1.82) is 0 Å². The van der Waals surface area contributed by atoms with Crippen LogP contribution in [0.2, 0.25) is 0 Å². The van der Waals surface area contributed by atoms with E-state index in [-0.39, 0.29) is 12.0 Å². The molecule has 1 aromatic heterocycles. The van der Waals surface area contributed by atoms with E-state index >= 15 is 0 Å². The van der Waals surface area contributed by atoms with Crippen molar-refractivity contribution >= 4 is 5.91 Å². The minimum Gasteiger partial charge on any atom is -0.490 e. The Bertz CT molecular complexity index is 710. The zero-order chi connectivity index (χ0) is 17.8. The Hall–Kier alpha value is -2.30. The molecule has 1 aromatic carbocycles. The molecule has 1 amide bonds. The summed E-state index contributed by atoms with van der Waals surface area (Å²) in [5.41, 5.74) is 3.47. The molecule has 0 radical (unpaired) electrons. The van der Waals surface area contributed by atoms with Crippen LogP contribution in [-0.2, 0) is 18.3 Å². The zero-order valence-electron chi connectivity index (χ0n) is 15.4. The van der Waals surface area contributed by atoms with E-state index in [1.807, 2.05) is 24.3 Å². The second-order valence-corrected chi connectivity index (χ2v) is 6.94. The number of hydrogen-bond donors (Lipinski definition) is 0. The summed E-state index contributed by atoms with van der Waals surface area (Å²) >= 11 is 0. The van der Waals surface area contributed by atoms with E-state index in [1.54, 1.807) is 4.68 Å². The van der Waals surface area contributed by atoms with E-state index in [9.17, 15) is 4.79 Å². The van der Waals surface area contributed by atoms with Gasteiger partial charge in [-0.05, 0) is 37.0 Å². The number of aryl methyl sites for hydroxylation is 4. The van der Waals surface area contributed by atoms with Gasteiger partial charge in [-0.2, -0.15) is 5.10 Å². The largest absolute Gasteiger partial charge is 0.490 e. The van der Waals surface area contributed by atoms with Crippen molar-refractivity contribution < 1.29 is 9.53 Å². The Balaban J connectivity index is 1.47. The van der Waals surface area contributed by atoms with Crippen LogP contribution >= 0.6 is 0 Å². The number of piperidine rings is 1. The van der Waals surface area contributed by atoms with Crippen LogP contribution in [0, 0.1) is 13.8 Å². The summed E-state index contributed by atoms with van der Waals surface area (Å²) < 4.78 is 8.00. The minimum atomic E-state index is 0.196. The van der Waals surface area contributed by atoms with Gasteiger partial charge in [-0.3, -0.25) is 9.48 Å². The topological polar surface area (TPSA) is 47.4 Å². The van der Waals surface area contributed by atoms with Gasteiger partial charge in [-0.25, -0.2) is 0 Å². The molecule has 0 bridgehead atoms. The predicted molar refractivity (Wildman–Crippen MR) is 97.7 cm³/mol. The summed E-state index contributed by atoms with van der Waals surface area (Å²) in [7, 11) is 1.90. The van der Waals surface area contributed by atoms with Crippen molar-refractivity contribution in [3.05, 3.63) is 47.3 Å². The monoisotopic (exact) mass is 341 g/mol. The Labute approximate surface area is 149 Å². The van der Waals surface area contributed by atoms with Crippen molar-refractivity contribution in [1.82, 2.24) is 14.7 Å². The van der Waals surface area contributed by atoms with E-state index in [4.69, 9.17) is 4.74 Å². The lowest BCUT2D eigenvalue weighted by molar-refractivity contribution is -0.132. The first-order chi connectivity index (χ1) is 12.0. The molecular weight excluding hydrogens is 314 g/mol. The lowest BCUT2D eigenvalue weighted by atomic mass is 10.1. The summed E-state index contributed by atoms with van der Waals surface area (Å²) in [6.07, 6.45) is 7.09. The minimum absolute atomic E-state index is 0.196. The number of nitrogens with zero attached hydrogens (tertiary/aromatic N) is 3. The number of likely N-dealkylation sites (tertiary alicyclic amines) is 1. The number of carbonyl (C=O) groups is 1. The SMILES string of the molecule is Cc1cccc(C)c1OC1CCN(C(=O)CCc2cnn(C)c2)CC1. The highest BCUT2D eigenvalue weighted by molar-refractivity contribution is 5.76. The van der Waals surface area contributed by atoms with Crippen molar-refractivity contribution in [2.45, 2.75) is 45.6 Å². The number of carbonyl (C=O) groups excluding carboxylic acids is 1. The van der Waals surface area contributed by atoms with Crippen molar-refractivity contribution in [2.24, 2.45) is 7.05 Å². The molecule has 1 aliphatic rings. The van der Waals surface area contributed by atoms with E-state index in [1.165, 1.54) is 11.1 Å². The molecule has 1 fully saturated rings. The maximum atomic E-state index is 12.4. The van der Waals surface area contributed by atoms with Crippen LogP contribution in [0.1, 0.15) is 36.0 Å². The molecule has 0 spiro atoms. The smallest absolute Gasteiger partial charge is 0.222 e. The first-order valence-corrected chi connectivity index (χ1v) is 9.01. The van der Waals surface area contributed by atoms with Gasteiger partial charge < -0.3 is 9.64 Å². The van der Waals surface area contributed by atoms with Gasteiger partial charge in [0.05, 0.1) is 6.20 Å². The number of benzene rings is 1. The molecule has 5 heteroatoms. The van der Waals surface area contributed by atoms with Crippen LogP contribution in [0.15, 0.2) is 30.6 Å². The average molecular weight is 341 g/mol. The van der Waals surface area contributed by atoms with Crippen LogP contribution in [0.3, 0.4) is 0 Å². The maximum absolute atomic E-state index is 12.4. The zero-order valence-corrected chi connectivity index (χ0v) is 15.4. The molecule has 1 aliphatic heterocycles. The molecule has 0 unspecified atom stereocenters. The lowest BCUT2D eigenvalue weighted by Gasteiger charge is -2.33. The van der Waals surface area contributed by atoms with Crippen LogP contribution in [0.4, 0.5) is 0 Å². The molecule has 0 saturated carbocycles. The third-order valence-electron chi connectivity index (χ3n) is 4.87. The van der Waals surface area contributed by atoms with Crippen molar-refractivity contribution in [3.8, 4) is 5.75 Å². The fraction of sp³-hybridized carbons (Fsp3) is 0.500. The summed E-state index contributed by atoms with van der Waals surface area (Å²) in [6.45, 7) is 5.72. The van der Waals surface area contributed by atoms with E-state index in [0.29, 0.717) is 6.42 Å². The number of hydrogen-bond acceptors (Lipinski definition) is 3. The maximum Gasteiger partial charge on any atom is 0.222 e. The van der Waals surface area contributed by atoms with Gasteiger partial charge in [-0.15, -0.1) is 0 Å². The first-order valence-electron chi connectivity index (χ1n) is 9.01. The van der Waals surface area contributed by atoms with E-state index < -0.39 is 0 Å². The fourth-order valence-electron chi connectivity index (χ4n) is 3.39. The van der Waals surface area contributed by atoms with Crippen LogP contribution in [0.5, 0.6) is 5.75 Å². The Morgan fingerprint density at radius 1 is 1.24 bits per heavy atom. The lowest BCUT2D eigenvalue weighted by Crippen LogP contribution is -2.42. The first kappa shape index (κ1) is 17.5. The summed E-state index contributed by atoms with van der Waals surface area (Å²) in [4.78, 5) is 14.4. The van der Waals surface area contributed by atoms with Gasteiger partial charge in [0.1, 0.15) is 11.9 Å². The van der Waals surface area contributed by atoms with Gasteiger partial charge in [0, 0.05) is 45.6 Å². The molecule has 0 atom stereocenters. The fourth-order valence-corrected chi connectivity index (χ4v) is 3.39. The number of ether oxygens (including phenoxy) is 1. The number of rotatable bonds is 5. The van der Waals surface area contributed by atoms with Gasteiger partial charge in [0.25, 0.3) is 0 Å². The molecule has 0 aliphatic carbocycles. The quantitative estimate of drug-likeness (QED) is 0.840. The van der Waals surface area contributed by atoms with Crippen LogP contribution < -0.4 is 4.74 Å². The van der Waals surface area contributed by atoms with E-state index in [0.717, 1.165) is 43.7 Å². The van der Waals surface area contributed by atoms with Gasteiger partial charge in [0.15, 0.2) is 0 Å². The highest BCUT2D eigenvalue weighted by Gasteiger charge is 2.24. The normalized spacial score (nSPS) is 15.4. The third kappa shape index (κ3) is 4.41. The molecule has 1 saturated heterocycles. The van der Waals surface area contributed by atoms with Gasteiger partial charge in [0.2, 0.25) is 5.91 Å². The molecule has 3 rings (SSSR count). The van der Waals surface area contributed by atoms with Gasteiger partial charge in [-0.1, -0.05) is 18.2 Å². The van der Waals surface area contributed by atoms with Crippen LogP contribution in [0.25, 0.3) is 0 Å². The molecule has 25 heavy (non-hydrogen) atoms. The summed E-state index contributed by atoms with van der Waals surface area (Å²) in [5.74, 6) is 1.23. The number of para-hydroxylation sites is 1. The Morgan fingerprint density at radius 2 is 1.92 bits per heavy atom. The summed E-state index contributed by atoms with van der Waals surface area (Å²) in [5, 5.41) is 4.15. The molecule has 0 N–H and O–H groups in total. The highest BCUT2D eigenvalue weighted by atomic mass is 16.5.